The van der Waals surface area contributed by atoms with E-state index in [1.54, 1.807) is 12.1 Å². The van der Waals surface area contributed by atoms with Gasteiger partial charge in [0.05, 0.1) is 19.5 Å². The fraction of sp³-hybridized carbons (Fsp3) is 0.211. The molecular formula is C19H21N3O3. The van der Waals surface area contributed by atoms with Crippen LogP contribution in [0.3, 0.4) is 0 Å². The van der Waals surface area contributed by atoms with E-state index in [1.165, 1.54) is 11.9 Å². The van der Waals surface area contributed by atoms with Gasteiger partial charge in [0.2, 0.25) is 17.7 Å². The van der Waals surface area contributed by atoms with Crippen molar-refractivity contribution in [3.05, 3.63) is 66.2 Å². The Labute approximate surface area is 146 Å². The summed E-state index contributed by atoms with van der Waals surface area (Å²) in [5.74, 6) is -0.857. The Hall–Kier alpha value is -3.15. The lowest BCUT2D eigenvalue weighted by atomic mass is 10.1. The largest absolute Gasteiger partial charge is 0.347 e. The number of rotatable bonds is 7. The van der Waals surface area contributed by atoms with Crippen LogP contribution in [0.4, 0.5) is 5.69 Å². The highest BCUT2D eigenvalue weighted by atomic mass is 16.2. The van der Waals surface area contributed by atoms with E-state index in [9.17, 15) is 14.4 Å². The Bertz CT molecular complexity index is 717. The van der Waals surface area contributed by atoms with Gasteiger partial charge in [0.1, 0.15) is 0 Å². The minimum Gasteiger partial charge on any atom is -0.347 e. The number of amides is 3. The molecule has 0 saturated carbocycles. The third-order valence-electron chi connectivity index (χ3n) is 3.51. The van der Waals surface area contributed by atoms with Crippen molar-refractivity contribution in [1.29, 1.82) is 0 Å². The van der Waals surface area contributed by atoms with E-state index in [1.807, 2.05) is 48.5 Å². The van der Waals surface area contributed by atoms with Gasteiger partial charge in [0.25, 0.3) is 0 Å². The van der Waals surface area contributed by atoms with Crippen molar-refractivity contribution in [3.63, 3.8) is 0 Å². The van der Waals surface area contributed by atoms with Gasteiger partial charge in [-0.2, -0.15) is 0 Å². The number of nitrogens with zero attached hydrogens (tertiary/aromatic N) is 1. The van der Waals surface area contributed by atoms with Crippen molar-refractivity contribution >= 4 is 23.4 Å². The van der Waals surface area contributed by atoms with Gasteiger partial charge in [-0.1, -0.05) is 48.5 Å². The lowest BCUT2D eigenvalue weighted by Crippen LogP contribution is -2.41. The summed E-state index contributed by atoms with van der Waals surface area (Å²) < 4.78 is 0. The number of likely N-dealkylation sites (N-methyl/N-ethyl adjacent to an activating group) is 1. The summed E-state index contributed by atoms with van der Waals surface area (Å²) in [4.78, 5) is 37.1. The fourth-order valence-corrected chi connectivity index (χ4v) is 2.18. The van der Waals surface area contributed by atoms with Gasteiger partial charge in [0, 0.05) is 12.7 Å². The SMILES string of the molecule is CN(CC(=O)Nc1ccccc1)C(=O)CNC(=O)Cc1ccccc1. The number of para-hydroxylation sites is 1. The van der Waals surface area contributed by atoms with Gasteiger partial charge < -0.3 is 15.5 Å². The van der Waals surface area contributed by atoms with Gasteiger partial charge in [-0.15, -0.1) is 0 Å². The summed E-state index contributed by atoms with van der Waals surface area (Å²) in [5, 5.41) is 5.28. The maximum atomic E-state index is 12.0. The Morgan fingerprint density at radius 3 is 2.12 bits per heavy atom. The molecule has 0 aliphatic rings. The Balaban J connectivity index is 1.72. The molecule has 0 saturated heterocycles. The van der Waals surface area contributed by atoms with E-state index in [4.69, 9.17) is 0 Å². The Morgan fingerprint density at radius 1 is 0.880 bits per heavy atom. The van der Waals surface area contributed by atoms with Crippen molar-refractivity contribution < 1.29 is 14.4 Å². The fourth-order valence-electron chi connectivity index (χ4n) is 2.18. The second-order valence-corrected chi connectivity index (χ2v) is 5.60. The van der Waals surface area contributed by atoms with Crippen molar-refractivity contribution in [2.75, 3.05) is 25.5 Å². The first-order valence-corrected chi connectivity index (χ1v) is 7.94. The number of nitrogens with one attached hydrogen (secondary N) is 2. The Morgan fingerprint density at radius 2 is 1.48 bits per heavy atom. The zero-order valence-corrected chi connectivity index (χ0v) is 14.1. The molecule has 3 amide bonds. The summed E-state index contributed by atoms with van der Waals surface area (Å²) in [7, 11) is 1.52. The number of benzene rings is 2. The van der Waals surface area contributed by atoms with E-state index in [0.29, 0.717) is 5.69 Å². The summed E-state index contributed by atoms with van der Waals surface area (Å²) >= 11 is 0. The number of carbonyl (C=O) groups excluding carboxylic acids is 3. The van der Waals surface area contributed by atoms with Crippen molar-refractivity contribution in [2.24, 2.45) is 0 Å². The zero-order valence-electron chi connectivity index (χ0n) is 14.1. The van der Waals surface area contributed by atoms with E-state index in [-0.39, 0.29) is 37.2 Å². The molecule has 2 N–H and O–H groups in total. The predicted molar refractivity (Wildman–Crippen MR) is 95.9 cm³/mol. The summed E-state index contributed by atoms with van der Waals surface area (Å²) in [6.07, 6.45) is 0.215. The van der Waals surface area contributed by atoms with Crippen molar-refractivity contribution in [2.45, 2.75) is 6.42 Å². The summed E-state index contributed by atoms with van der Waals surface area (Å²) in [6, 6.07) is 18.3. The number of anilines is 1. The summed E-state index contributed by atoms with van der Waals surface area (Å²) in [5.41, 5.74) is 1.55. The molecule has 2 aromatic rings. The summed E-state index contributed by atoms with van der Waals surface area (Å²) in [6.45, 7) is -0.219. The van der Waals surface area contributed by atoms with Crippen LogP contribution < -0.4 is 10.6 Å². The van der Waals surface area contributed by atoms with E-state index in [2.05, 4.69) is 10.6 Å². The predicted octanol–water partition coefficient (Wildman–Crippen LogP) is 1.44. The molecule has 130 valence electrons. The third-order valence-corrected chi connectivity index (χ3v) is 3.51. The van der Waals surface area contributed by atoms with Crippen LogP contribution in [-0.4, -0.2) is 42.8 Å². The molecule has 0 bridgehead atoms. The van der Waals surface area contributed by atoms with Crippen LogP contribution in [0.5, 0.6) is 0 Å². The molecule has 6 nitrogen and oxygen atoms in total. The molecule has 0 fully saturated rings. The molecule has 0 aliphatic heterocycles. The molecule has 2 aromatic carbocycles. The average molecular weight is 339 g/mol. The normalized spacial score (nSPS) is 9.96. The van der Waals surface area contributed by atoms with Gasteiger partial charge in [-0.3, -0.25) is 14.4 Å². The molecule has 2 rings (SSSR count). The molecule has 0 atom stereocenters. The third kappa shape index (κ3) is 6.47. The molecule has 6 heteroatoms. The highest BCUT2D eigenvalue weighted by molar-refractivity contribution is 5.95. The molecule has 0 aliphatic carbocycles. The maximum Gasteiger partial charge on any atom is 0.243 e. The lowest BCUT2D eigenvalue weighted by Gasteiger charge is -2.17. The molecule has 25 heavy (non-hydrogen) atoms. The Kier molecular flexibility index (Phi) is 6.71. The standard InChI is InChI=1S/C19H21N3O3/c1-22(14-18(24)21-16-10-6-3-7-11-16)19(25)13-20-17(23)12-15-8-4-2-5-9-15/h2-11H,12-14H2,1H3,(H,20,23)(H,21,24). The zero-order chi connectivity index (χ0) is 18.1. The van der Waals surface area contributed by atoms with Crippen LogP contribution in [-0.2, 0) is 20.8 Å². The molecule has 0 heterocycles. The van der Waals surface area contributed by atoms with Crippen molar-refractivity contribution in [3.8, 4) is 0 Å². The smallest absolute Gasteiger partial charge is 0.243 e. The van der Waals surface area contributed by atoms with Crippen LogP contribution >= 0.6 is 0 Å². The van der Waals surface area contributed by atoms with Gasteiger partial charge >= 0.3 is 0 Å². The molecule has 0 unspecified atom stereocenters. The molecule has 0 radical (unpaired) electrons. The monoisotopic (exact) mass is 339 g/mol. The lowest BCUT2D eigenvalue weighted by molar-refractivity contribution is -0.134. The average Bonchev–Trinajstić information content (AvgIpc) is 2.61. The first kappa shape index (κ1) is 18.2. The first-order chi connectivity index (χ1) is 12.0. The van der Waals surface area contributed by atoms with Crippen LogP contribution in [0.1, 0.15) is 5.56 Å². The molecule has 0 spiro atoms. The molecule has 0 aromatic heterocycles. The number of hydrogen-bond donors (Lipinski definition) is 2. The first-order valence-electron chi connectivity index (χ1n) is 7.94. The highest BCUT2D eigenvalue weighted by Crippen LogP contribution is 2.04. The van der Waals surface area contributed by atoms with Crippen LogP contribution in [0, 0.1) is 0 Å². The quantitative estimate of drug-likeness (QED) is 0.801. The van der Waals surface area contributed by atoms with Crippen LogP contribution in [0.15, 0.2) is 60.7 Å². The number of hydrogen-bond acceptors (Lipinski definition) is 3. The van der Waals surface area contributed by atoms with Gasteiger partial charge in [-0.05, 0) is 17.7 Å². The van der Waals surface area contributed by atoms with E-state index < -0.39 is 0 Å². The molecular weight excluding hydrogens is 318 g/mol. The van der Waals surface area contributed by atoms with E-state index in [0.717, 1.165) is 5.56 Å². The topological polar surface area (TPSA) is 78.5 Å². The number of carbonyl (C=O) groups is 3. The minimum absolute atomic E-state index is 0.0811. The van der Waals surface area contributed by atoms with Crippen molar-refractivity contribution in [1.82, 2.24) is 10.2 Å². The minimum atomic E-state index is -0.329. The van der Waals surface area contributed by atoms with Gasteiger partial charge in [0.15, 0.2) is 0 Å². The maximum absolute atomic E-state index is 12.0. The van der Waals surface area contributed by atoms with Crippen LogP contribution in [0.25, 0.3) is 0 Å². The van der Waals surface area contributed by atoms with E-state index >= 15 is 0 Å². The highest BCUT2D eigenvalue weighted by Gasteiger charge is 2.14. The second kappa shape index (κ2) is 9.22. The van der Waals surface area contributed by atoms with Gasteiger partial charge in [-0.25, -0.2) is 0 Å². The second-order valence-electron chi connectivity index (χ2n) is 5.60. The van der Waals surface area contributed by atoms with Crippen LogP contribution in [0.2, 0.25) is 0 Å².